The van der Waals surface area contributed by atoms with Crippen molar-refractivity contribution in [1.82, 2.24) is 0 Å². The van der Waals surface area contributed by atoms with Crippen molar-refractivity contribution in [2.75, 3.05) is 24.7 Å². The third-order valence-electron chi connectivity index (χ3n) is 2.06. The van der Waals surface area contributed by atoms with Crippen LogP contribution in [0.15, 0.2) is 18.2 Å². The monoisotopic (exact) mass is 275 g/mol. The fourth-order valence-corrected chi connectivity index (χ4v) is 1.50. The summed E-state index contributed by atoms with van der Waals surface area (Å²) in [7, 11) is -4.01. The number of nitrogens with two attached hydrogens (primary N) is 1. The molecule has 0 aliphatic rings. The topological polar surface area (TPSA) is 98.8 Å². The van der Waals surface area contributed by atoms with Gasteiger partial charge in [0.2, 0.25) is 0 Å². The number of ether oxygens (including phenoxy) is 2. The van der Waals surface area contributed by atoms with Crippen molar-refractivity contribution in [2.24, 2.45) is 0 Å². The Morgan fingerprint density at radius 2 is 2.00 bits per heavy atom. The molecular formula is C11H17NO5S. The minimum absolute atomic E-state index is 0.129. The van der Waals surface area contributed by atoms with Gasteiger partial charge in [0.05, 0.1) is 12.3 Å². The van der Waals surface area contributed by atoms with Crippen LogP contribution < -0.4 is 15.2 Å². The van der Waals surface area contributed by atoms with Gasteiger partial charge in [-0.3, -0.25) is 4.55 Å². The highest BCUT2D eigenvalue weighted by atomic mass is 32.2. The molecule has 0 amide bonds. The second-order valence-electron chi connectivity index (χ2n) is 3.68. The second-order valence-corrected chi connectivity index (χ2v) is 5.25. The summed E-state index contributed by atoms with van der Waals surface area (Å²) in [5.41, 5.74) is 6.20. The Bertz CT molecular complexity index is 486. The lowest BCUT2D eigenvalue weighted by Crippen LogP contribution is -2.12. The van der Waals surface area contributed by atoms with E-state index < -0.39 is 15.9 Å². The molecule has 18 heavy (non-hydrogen) atoms. The Balaban J connectivity index is 2.61. The van der Waals surface area contributed by atoms with E-state index in [2.05, 4.69) is 0 Å². The van der Waals surface area contributed by atoms with Gasteiger partial charge in [0.15, 0.2) is 0 Å². The van der Waals surface area contributed by atoms with Crippen molar-refractivity contribution < 1.29 is 22.4 Å². The zero-order chi connectivity index (χ0) is 13.6. The van der Waals surface area contributed by atoms with Crippen LogP contribution in [0.1, 0.15) is 13.3 Å². The van der Waals surface area contributed by atoms with Gasteiger partial charge in [-0.2, -0.15) is 8.42 Å². The summed E-state index contributed by atoms with van der Waals surface area (Å²) in [5.74, 6) is 0.489. The molecular weight excluding hydrogens is 258 g/mol. The second kappa shape index (κ2) is 6.46. The smallest absolute Gasteiger partial charge is 0.268 e. The van der Waals surface area contributed by atoms with Gasteiger partial charge in [0, 0.05) is 6.07 Å². The van der Waals surface area contributed by atoms with E-state index in [0.717, 1.165) is 6.42 Å². The summed E-state index contributed by atoms with van der Waals surface area (Å²) in [4.78, 5) is 0. The minimum atomic E-state index is -4.01. The summed E-state index contributed by atoms with van der Waals surface area (Å²) in [5, 5.41) is 0. The van der Waals surface area contributed by atoms with Crippen molar-refractivity contribution in [2.45, 2.75) is 13.3 Å². The van der Waals surface area contributed by atoms with Gasteiger partial charge in [-0.05, 0) is 18.6 Å². The molecule has 0 aliphatic carbocycles. The summed E-state index contributed by atoms with van der Waals surface area (Å²) in [6, 6.07) is 4.82. The van der Waals surface area contributed by atoms with Crippen LogP contribution in [0.4, 0.5) is 5.69 Å². The largest absolute Gasteiger partial charge is 0.492 e. The van der Waals surface area contributed by atoms with Crippen molar-refractivity contribution in [1.29, 1.82) is 0 Å². The normalized spacial score (nSPS) is 11.2. The highest BCUT2D eigenvalue weighted by Gasteiger charge is 2.06. The molecule has 102 valence electrons. The van der Waals surface area contributed by atoms with Crippen molar-refractivity contribution in [3.63, 3.8) is 0 Å². The highest BCUT2D eigenvalue weighted by Crippen LogP contribution is 2.27. The minimum Gasteiger partial charge on any atom is -0.492 e. The van der Waals surface area contributed by atoms with E-state index in [1.165, 1.54) is 0 Å². The maximum Gasteiger partial charge on any atom is 0.268 e. The fraction of sp³-hybridized carbons (Fsp3) is 0.455. The van der Waals surface area contributed by atoms with Gasteiger partial charge in [-0.15, -0.1) is 0 Å². The van der Waals surface area contributed by atoms with Gasteiger partial charge in [-0.1, -0.05) is 6.92 Å². The van der Waals surface area contributed by atoms with Crippen LogP contribution in [0, 0.1) is 0 Å². The molecule has 0 atom stereocenters. The predicted octanol–water partition coefficient (Wildman–Crippen LogP) is 1.32. The molecule has 0 fully saturated rings. The first-order valence-electron chi connectivity index (χ1n) is 5.52. The number of anilines is 1. The number of benzene rings is 1. The standard InChI is InChI=1S/C11H17NO5S/c1-2-5-17-11-8-9(3-4-10(11)12)16-6-7-18(13,14)15/h3-4,8H,2,5-7,12H2,1H3,(H,13,14,15). The lowest BCUT2D eigenvalue weighted by Gasteiger charge is -2.10. The zero-order valence-electron chi connectivity index (χ0n) is 10.1. The van der Waals surface area contributed by atoms with E-state index in [9.17, 15) is 8.42 Å². The first-order chi connectivity index (χ1) is 8.42. The zero-order valence-corrected chi connectivity index (χ0v) is 10.9. The van der Waals surface area contributed by atoms with Gasteiger partial charge >= 0.3 is 0 Å². The molecule has 1 aromatic carbocycles. The summed E-state index contributed by atoms with van der Waals surface area (Å²) >= 11 is 0. The van der Waals surface area contributed by atoms with Crippen LogP contribution in [0.25, 0.3) is 0 Å². The van der Waals surface area contributed by atoms with E-state index in [-0.39, 0.29) is 6.61 Å². The van der Waals surface area contributed by atoms with Crippen LogP contribution in [-0.4, -0.2) is 31.9 Å². The molecule has 0 bridgehead atoms. The van der Waals surface area contributed by atoms with Crippen LogP contribution in [-0.2, 0) is 10.1 Å². The molecule has 0 radical (unpaired) electrons. The molecule has 0 unspecified atom stereocenters. The van der Waals surface area contributed by atoms with Crippen LogP contribution >= 0.6 is 0 Å². The predicted molar refractivity (Wildman–Crippen MR) is 68.6 cm³/mol. The number of rotatable bonds is 7. The Labute approximate surface area is 106 Å². The molecule has 0 spiro atoms. The summed E-state index contributed by atoms with van der Waals surface area (Å²) < 4.78 is 40.2. The fourth-order valence-electron chi connectivity index (χ4n) is 1.21. The van der Waals surface area contributed by atoms with E-state index in [1.54, 1.807) is 18.2 Å². The Hall–Kier alpha value is -1.47. The number of hydrogen-bond donors (Lipinski definition) is 2. The third kappa shape index (κ3) is 5.24. The molecule has 0 heterocycles. The molecule has 3 N–H and O–H groups in total. The molecule has 0 saturated heterocycles. The van der Waals surface area contributed by atoms with E-state index >= 15 is 0 Å². The van der Waals surface area contributed by atoms with E-state index in [1.807, 2.05) is 6.92 Å². The first-order valence-corrected chi connectivity index (χ1v) is 7.13. The van der Waals surface area contributed by atoms with Crippen molar-refractivity contribution in [3.8, 4) is 11.5 Å². The van der Waals surface area contributed by atoms with Crippen molar-refractivity contribution in [3.05, 3.63) is 18.2 Å². The average Bonchev–Trinajstić information content (AvgIpc) is 2.28. The van der Waals surface area contributed by atoms with Crippen molar-refractivity contribution >= 4 is 15.8 Å². The average molecular weight is 275 g/mol. The maximum atomic E-state index is 10.5. The van der Waals surface area contributed by atoms with Gasteiger partial charge in [0.25, 0.3) is 10.1 Å². The van der Waals surface area contributed by atoms with Gasteiger partial charge < -0.3 is 15.2 Å². The maximum absolute atomic E-state index is 10.5. The lowest BCUT2D eigenvalue weighted by molar-refractivity contribution is 0.310. The number of hydrogen-bond acceptors (Lipinski definition) is 5. The quantitative estimate of drug-likeness (QED) is 0.575. The summed E-state index contributed by atoms with van der Waals surface area (Å²) in [6.45, 7) is 2.39. The van der Waals surface area contributed by atoms with Crippen LogP contribution in [0.3, 0.4) is 0 Å². The lowest BCUT2D eigenvalue weighted by atomic mass is 10.3. The van der Waals surface area contributed by atoms with E-state index in [4.69, 9.17) is 19.8 Å². The molecule has 0 aromatic heterocycles. The highest BCUT2D eigenvalue weighted by molar-refractivity contribution is 7.85. The molecule has 7 heteroatoms. The molecule has 1 rings (SSSR count). The Morgan fingerprint density at radius 1 is 1.28 bits per heavy atom. The number of nitrogen functional groups attached to an aromatic ring is 1. The van der Waals surface area contributed by atoms with E-state index in [0.29, 0.717) is 23.8 Å². The van der Waals surface area contributed by atoms with Gasteiger partial charge in [-0.25, -0.2) is 0 Å². The molecule has 6 nitrogen and oxygen atoms in total. The summed E-state index contributed by atoms with van der Waals surface area (Å²) in [6.07, 6.45) is 0.854. The first kappa shape index (κ1) is 14.6. The molecule has 0 saturated carbocycles. The van der Waals surface area contributed by atoms with Crippen LogP contribution in [0.2, 0.25) is 0 Å². The molecule has 0 aliphatic heterocycles. The molecule has 1 aromatic rings. The SMILES string of the molecule is CCCOc1cc(OCCS(=O)(=O)O)ccc1N. The Kier molecular flexibility index (Phi) is 5.24. The third-order valence-corrected chi connectivity index (χ3v) is 2.74. The van der Waals surface area contributed by atoms with Crippen LogP contribution in [0.5, 0.6) is 11.5 Å². The van der Waals surface area contributed by atoms with Gasteiger partial charge in [0.1, 0.15) is 23.9 Å². The Morgan fingerprint density at radius 3 is 2.61 bits per heavy atom.